The Labute approximate surface area is 129 Å². The van der Waals surface area contributed by atoms with Gasteiger partial charge in [0.1, 0.15) is 5.76 Å². The number of hydrogen-bond acceptors (Lipinski definition) is 3. The summed E-state index contributed by atoms with van der Waals surface area (Å²) in [5, 5.41) is 0. The zero-order valence-electron chi connectivity index (χ0n) is 10.3. The van der Waals surface area contributed by atoms with Crippen LogP contribution in [0.25, 0.3) is 0 Å². The lowest BCUT2D eigenvalue weighted by molar-refractivity contribution is 0.224. The van der Waals surface area contributed by atoms with Gasteiger partial charge >= 0.3 is 0 Å². The van der Waals surface area contributed by atoms with Crippen molar-refractivity contribution < 1.29 is 4.42 Å². The Morgan fingerprint density at radius 2 is 2.16 bits per heavy atom. The molecular weight excluding hydrogens is 372 g/mol. The molecule has 0 amide bonds. The van der Waals surface area contributed by atoms with Crippen LogP contribution in [0, 0.1) is 0 Å². The number of benzene rings is 1. The van der Waals surface area contributed by atoms with Crippen molar-refractivity contribution in [3.8, 4) is 0 Å². The summed E-state index contributed by atoms with van der Waals surface area (Å²) in [6.07, 6.45) is 1.01. The summed E-state index contributed by atoms with van der Waals surface area (Å²) in [7, 11) is 0. The molecule has 0 saturated carbocycles. The van der Waals surface area contributed by atoms with E-state index in [0.29, 0.717) is 0 Å². The first-order valence-corrected chi connectivity index (χ1v) is 7.74. The van der Waals surface area contributed by atoms with Crippen LogP contribution in [0.15, 0.2) is 37.8 Å². The minimum absolute atomic E-state index is 0.754. The maximum atomic E-state index is 6.01. The molecule has 1 aliphatic rings. The minimum atomic E-state index is 0.754. The maximum Gasteiger partial charge on any atom is 0.183 e. The van der Waals surface area contributed by atoms with Gasteiger partial charge in [-0.05, 0) is 61.5 Å². The topological polar surface area (TPSA) is 42.4 Å². The molecule has 100 valence electrons. The predicted molar refractivity (Wildman–Crippen MR) is 82.8 cm³/mol. The lowest BCUT2D eigenvalue weighted by Crippen LogP contribution is -2.30. The Hall–Kier alpha value is -0.780. The van der Waals surface area contributed by atoms with E-state index in [1.165, 1.54) is 11.1 Å². The largest absolute Gasteiger partial charge is 0.452 e. The van der Waals surface area contributed by atoms with Crippen LogP contribution in [0.1, 0.15) is 16.9 Å². The first-order valence-electron chi connectivity index (χ1n) is 6.16. The second-order valence-electron chi connectivity index (χ2n) is 4.78. The summed E-state index contributed by atoms with van der Waals surface area (Å²) in [5.41, 5.74) is 9.57. The number of anilines is 1. The number of furan rings is 1. The number of hydrogen-bond donors (Lipinski definition) is 1. The van der Waals surface area contributed by atoms with Gasteiger partial charge < -0.3 is 10.2 Å². The molecule has 0 fully saturated rings. The Morgan fingerprint density at radius 3 is 2.89 bits per heavy atom. The van der Waals surface area contributed by atoms with E-state index in [0.717, 1.165) is 46.6 Å². The van der Waals surface area contributed by atoms with Crippen molar-refractivity contribution in [2.24, 2.45) is 0 Å². The molecule has 0 saturated heterocycles. The minimum Gasteiger partial charge on any atom is -0.452 e. The van der Waals surface area contributed by atoms with E-state index >= 15 is 0 Å². The fourth-order valence-electron chi connectivity index (χ4n) is 2.52. The molecule has 2 aromatic rings. The van der Waals surface area contributed by atoms with Gasteiger partial charge in [0.25, 0.3) is 0 Å². The molecule has 5 heteroatoms. The van der Waals surface area contributed by atoms with Crippen molar-refractivity contribution in [2.75, 3.05) is 12.3 Å². The van der Waals surface area contributed by atoms with Crippen molar-refractivity contribution in [1.29, 1.82) is 0 Å². The molecule has 1 aromatic heterocycles. The molecule has 0 bridgehead atoms. The van der Waals surface area contributed by atoms with Gasteiger partial charge in [-0.1, -0.05) is 12.1 Å². The fraction of sp³-hybridized carbons (Fsp3) is 0.286. The predicted octanol–water partition coefficient (Wildman–Crippen LogP) is 3.95. The molecule has 3 rings (SSSR count). The zero-order chi connectivity index (χ0) is 13.4. The maximum absolute atomic E-state index is 6.01. The van der Waals surface area contributed by atoms with Crippen LogP contribution in [0.3, 0.4) is 0 Å². The fourth-order valence-corrected chi connectivity index (χ4v) is 3.18. The molecule has 0 atom stereocenters. The normalized spacial score (nSPS) is 15.5. The van der Waals surface area contributed by atoms with E-state index in [2.05, 4.69) is 42.8 Å². The highest BCUT2D eigenvalue weighted by molar-refractivity contribution is 9.13. The van der Waals surface area contributed by atoms with E-state index < -0.39 is 0 Å². The van der Waals surface area contributed by atoms with Crippen LogP contribution in [0.5, 0.6) is 0 Å². The van der Waals surface area contributed by atoms with Gasteiger partial charge in [-0.2, -0.15) is 0 Å². The monoisotopic (exact) mass is 384 g/mol. The second kappa shape index (κ2) is 5.31. The van der Waals surface area contributed by atoms with Crippen molar-refractivity contribution in [2.45, 2.75) is 19.5 Å². The summed E-state index contributed by atoms with van der Waals surface area (Å²) < 4.78 is 7.35. The Balaban J connectivity index is 1.75. The summed E-state index contributed by atoms with van der Waals surface area (Å²) >= 11 is 6.81. The number of fused-ring (bicyclic) bond motifs is 1. The highest BCUT2D eigenvalue weighted by Crippen LogP contribution is 2.29. The van der Waals surface area contributed by atoms with Crippen molar-refractivity contribution >= 4 is 37.5 Å². The summed E-state index contributed by atoms with van der Waals surface area (Å²) in [6.45, 7) is 2.76. The summed E-state index contributed by atoms with van der Waals surface area (Å²) in [4.78, 5) is 2.37. The van der Waals surface area contributed by atoms with Gasteiger partial charge in [0.15, 0.2) is 4.67 Å². The smallest absolute Gasteiger partial charge is 0.183 e. The molecule has 2 N–H and O–H groups in total. The van der Waals surface area contributed by atoms with Gasteiger partial charge in [0, 0.05) is 18.8 Å². The number of nitrogens with zero attached hydrogens (tertiary/aromatic N) is 1. The molecule has 19 heavy (non-hydrogen) atoms. The van der Waals surface area contributed by atoms with Crippen LogP contribution in [0.4, 0.5) is 5.69 Å². The Bertz CT molecular complexity index is 590. The number of rotatable bonds is 2. The van der Waals surface area contributed by atoms with E-state index in [4.69, 9.17) is 10.2 Å². The molecule has 0 spiro atoms. The van der Waals surface area contributed by atoms with Gasteiger partial charge in [-0.3, -0.25) is 4.90 Å². The van der Waals surface area contributed by atoms with Crippen molar-refractivity contribution in [3.63, 3.8) is 0 Å². The van der Waals surface area contributed by atoms with Crippen LogP contribution < -0.4 is 5.73 Å². The zero-order valence-corrected chi connectivity index (χ0v) is 13.5. The molecule has 1 aromatic carbocycles. The first-order chi connectivity index (χ1) is 9.13. The second-order valence-corrected chi connectivity index (χ2v) is 6.35. The lowest BCUT2D eigenvalue weighted by atomic mass is 9.98. The molecule has 2 heterocycles. The number of nitrogens with two attached hydrogens (primary N) is 1. The van der Waals surface area contributed by atoms with E-state index in [9.17, 15) is 0 Å². The highest BCUT2D eigenvalue weighted by Gasteiger charge is 2.19. The Kier molecular flexibility index (Phi) is 3.69. The molecule has 0 radical (unpaired) electrons. The molecule has 1 aliphatic heterocycles. The average Bonchev–Trinajstić information content (AvgIpc) is 2.68. The van der Waals surface area contributed by atoms with Gasteiger partial charge in [0.05, 0.1) is 11.0 Å². The summed E-state index contributed by atoms with van der Waals surface area (Å²) in [6, 6.07) is 8.18. The SMILES string of the molecule is Nc1cccc2c1CCN(Cc1cc(Br)c(Br)o1)C2. The van der Waals surface area contributed by atoms with Crippen LogP contribution in [0.2, 0.25) is 0 Å². The summed E-state index contributed by atoms with van der Waals surface area (Å²) in [5.74, 6) is 0.964. The third kappa shape index (κ3) is 2.73. The third-order valence-corrected chi connectivity index (χ3v) is 5.17. The van der Waals surface area contributed by atoms with Gasteiger partial charge in [0.2, 0.25) is 0 Å². The number of halogens is 2. The van der Waals surface area contributed by atoms with Gasteiger partial charge in [-0.15, -0.1) is 0 Å². The standard InChI is InChI=1S/C14H14Br2N2O/c15-12-6-10(19-14(12)16)8-18-5-4-11-9(7-18)2-1-3-13(11)17/h1-3,6H,4-5,7-8,17H2. The Morgan fingerprint density at radius 1 is 1.32 bits per heavy atom. The van der Waals surface area contributed by atoms with E-state index in [-0.39, 0.29) is 0 Å². The lowest BCUT2D eigenvalue weighted by Gasteiger charge is -2.28. The van der Waals surface area contributed by atoms with Crippen molar-refractivity contribution in [1.82, 2.24) is 4.90 Å². The molecular formula is C14H14Br2N2O. The molecule has 0 unspecified atom stereocenters. The van der Waals surface area contributed by atoms with Gasteiger partial charge in [-0.25, -0.2) is 0 Å². The quantitative estimate of drug-likeness (QED) is 0.796. The van der Waals surface area contributed by atoms with Crippen LogP contribution in [-0.2, 0) is 19.5 Å². The molecule has 0 aliphatic carbocycles. The number of nitrogen functional groups attached to an aromatic ring is 1. The first kappa shape index (κ1) is 13.2. The van der Waals surface area contributed by atoms with E-state index in [1.807, 2.05) is 18.2 Å². The highest BCUT2D eigenvalue weighted by atomic mass is 79.9. The van der Waals surface area contributed by atoms with Crippen LogP contribution in [-0.4, -0.2) is 11.4 Å². The van der Waals surface area contributed by atoms with Crippen LogP contribution >= 0.6 is 31.9 Å². The third-order valence-electron chi connectivity index (χ3n) is 3.46. The molecule has 3 nitrogen and oxygen atoms in total. The van der Waals surface area contributed by atoms with E-state index in [1.54, 1.807) is 0 Å². The van der Waals surface area contributed by atoms with Crippen molar-refractivity contribution in [3.05, 3.63) is 50.3 Å². The average molecular weight is 386 g/mol.